The minimum atomic E-state index is 0.755. The molecule has 2 rings (SSSR count). The molecule has 0 aromatic carbocycles. The lowest BCUT2D eigenvalue weighted by Gasteiger charge is -2.07. The van der Waals surface area contributed by atoms with Gasteiger partial charge in [0.2, 0.25) is 0 Å². The standard InChI is InChI=1S/C12H15NO/c1-9-11(8-14)7-10-5-3-2-4-6-12(10)13-9/h7-8H,2-6H2,1H3. The van der Waals surface area contributed by atoms with E-state index in [4.69, 9.17) is 0 Å². The Morgan fingerprint density at radius 1 is 1.29 bits per heavy atom. The van der Waals surface area contributed by atoms with Crippen LogP contribution in [-0.2, 0) is 12.8 Å². The van der Waals surface area contributed by atoms with Crippen LogP contribution >= 0.6 is 0 Å². The number of nitrogens with zero attached hydrogens (tertiary/aromatic N) is 1. The number of aromatic nitrogens is 1. The van der Waals surface area contributed by atoms with Gasteiger partial charge in [-0.15, -0.1) is 0 Å². The van der Waals surface area contributed by atoms with Gasteiger partial charge in [0.1, 0.15) is 0 Å². The molecule has 0 unspecified atom stereocenters. The molecule has 0 saturated heterocycles. The van der Waals surface area contributed by atoms with Crippen LogP contribution in [0.1, 0.15) is 46.6 Å². The van der Waals surface area contributed by atoms with Gasteiger partial charge >= 0.3 is 0 Å². The van der Waals surface area contributed by atoms with Crippen molar-refractivity contribution in [2.75, 3.05) is 0 Å². The lowest BCUT2D eigenvalue weighted by molar-refractivity contribution is 0.112. The molecule has 0 fully saturated rings. The fourth-order valence-electron chi connectivity index (χ4n) is 2.05. The summed E-state index contributed by atoms with van der Waals surface area (Å²) in [5.74, 6) is 0. The molecule has 0 amide bonds. The molecule has 14 heavy (non-hydrogen) atoms. The third-order valence-corrected chi connectivity index (χ3v) is 2.91. The third-order valence-electron chi connectivity index (χ3n) is 2.91. The number of hydrogen-bond donors (Lipinski definition) is 0. The van der Waals surface area contributed by atoms with Crippen molar-refractivity contribution in [3.8, 4) is 0 Å². The second-order valence-corrected chi connectivity index (χ2v) is 3.95. The van der Waals surface area contributed by atoms with E-state index in [1.807, 2.05) is 13.0 Å². The Balaban J connectivity index is 2.45. The van der Waals surface area contributed by atoms with Crippen LogP contribution in [0.4, 0.5) is 0 Å². The predicted octanol–water partition coefficient (Wildman–Crippen LogP) is 2.47. The summed E-state index contributed by atoms with van der Waals surface area (Å²) in [5.41, 5.74) is 4.13. The summed E-state index contributed by atoms with van der Waals surface area (Å²) in [4.78, 5) is 15.3. The number of pyridine rings is 1. The average molecular weight is 189 g/mol. The van der Waals surface area contributed by atoms with Gasteiger partial charge in [0.05, 0.1) is 0 Å². The minimum absolute atomic E-state index is 0.755. The molecule has 1 aromatic rings. The van der Waals surface area contributed by atoms with Crippen LogP contribution in [0.5, 0.6) is 0 Å². The van der Waals surface area contributed by atoms with E-state index >= 15 is 0 Å². The number of aldehydes is 1. The maximum absolute atomic E-state index is 10.8. The van der Waals surface area contributed by atoms with E-state index < -0.39 is 0 Å². The van der Waals surface area contributed by atoms with E-state index in [0.717, 1.165) is 30.4 Å². The highest BCUT2D eigenvalue weighted by Crippen LogP contribution is 2.20. The van der Waals surface area contributed by atoms with E-state index in [2.05, 4.69) is 4.98 Å². The zero-order valence-corrected chi connectivity index (χ0v) is 8.55. The van der Waals surface area contributed by atoms with Gasteiger partial charge in [-0.2, -0.15) is 0 Å². The van der Waals surface area contributed by atoms with Crippen LogP contribution in [0, 0.1) is 6.92 Å². The van der Waals surface area contributed by atoms with Crippen molar-refractivity contribution in [3.63, 3.8) is 0 Å². The Bertz CT molecular complexity index is 358. The number of fused-ring (bicyclic) bond motifs is 1. The molecule has 74 valence electrons. The second kappa shape index (κ2) is 3.91. The summed E-state index contributed by atoms with van der Waals surface area (Å²) < 4.78 is 0. The summed E-state index contributed by atoms with van der Waals surface area (Å²) >= 11 is 0. The van der Waals surface area contributed by atoms with Crippen LogP contribution in [0.15, 0.2) is 6.07 Å². The van der Waals surface area contributed by atoms with Crippen molar-refractivity contribution in [1.29, 1.82) is 0 Å². The Hall–Kier alpha value is -1.18. The Labute approximate surface area is 84.4 Å². The lowest BCUT2D eigenvalue weighted by atomic mass is 10.0. The molecule has 0 aliphatic heterocycles. The monoisotopic (exact) mass is 189 g/mol. The normalized spacial score (nSPS) is 15.8. The summed E-state index contributed by atoms with van der Waals surface area (Å²) in [7, 11) is 0. The number of rotatable bonds is 1. The van der Waals surface area contributed by atoms with E-state index in [1.165, 1.54) is 30.5 Å². The minimum Gasteiger partial charge on any atom is -0.298 e. The van der Waals surface area contributed by atoms with Gasteiger partial charge < -0.3 is 0 Å². The van der Waals surface area contributed by atoms with Crippen LogP contribution in [-0.4, -0.2) is 11.3 Å². The highest BCUT2D eigenvalue weighted by Gasteiger charge is 2.11. The SMILES string of the molecule is Cc1nc2c(cc1C=O)CCCCC2. The van der Waals surface area contributed by atoms with Crippen molar-refractivity contribution in [3.05, 3.63) is 28.6 Å². The molecule has 1 aromatic heterocycles. The number of carbonyl (C=O) groups excluding carboxylic acids is 1. The van der Waals surface area contributed by atoms with E-state index in [1.54, 1.807) is 0 Å². The topological polar surface area (TPSA) is 30.0 Å². The fourth-order valence-corrected chi connectivity index (χ4v) is 2.05. The largest absolute Gasteiger partial charge is 0.298 e. The molecule has 1 heterocycles. The maximum atomic E-state index is 10.8. The predicted molar refractivity (Wildman–Crippen MR) is 55.6 cm³/mol. The molecule has 0 spiro atoms. The van der Waals surface area contributed by atoms with Crippen LogP contribution in [0.3, 0.4) is 0 Å². The van der Waals surface area contributed by atoms with Gasteiger partial charge in [-0.1, -0.05) is 6.42 Å². The van der Waals surface area contributed by atoms with Crippen molar-refractivity contribution in [2.24, 2.45) is 0 Å². The number of hydrogen-bond acceptors (Lipinski definition) is 2. The smallest absolute Gasteiger partial charge is 0.151 e. The Morgan fingerprint density at radius 2 is 2.07 bits per heavy atom. The molecule has 0 bridgehead atoms. The Morgan fingerprint density at radius 3 is 2.86 bits per heavy atom. The summed E-state index contributed by atoms with van der Waals surface area (Å²) in [5, 5.41) is 0. The van der Waals surface area contributed by atoms with E-state index in [9.17, 15) is 4.79 Å². The van der Waals surface area contributed by atoms with E-state index in [-0.39, 0.29) is 0 Å². The first kappa shape index (κ1) is 9.38. The van der Waals surface area contributed by atoms with Crippen molar-refractivity contribution < 1.29 is 4.79 Å². The van der Waals surface area contributed by atoms with Crippen molar-refractivity contribution in [2.45, 2.75) is 39.0 Å². The van der Waals surface area contributed by atoms with Gasteiger partial charge in [0, 0.05) is 17.0 Å². The third kappa shape index (κ3) is 1.69. The summed E-state index contributed by atoms with van der Waals surface area (Å²) in [6.45, 7) is 1.91. The zero-order chi connectivity index (χ0) is 9.97. The lowest BCUT2D eigenvalue weighted by Crippen LogP contribution is -2.01. The molecule has 2 nitrogen and oxygen atoms in total. The van der Waals surface area contributed by atoms with Gasteiger partial charge in [0.15, 0.2) is 6.29 Å². The zero-order valence-electron chi connectivity index (χ0n) is 8.55. The quantitative estimate of drug-likeness (QED) is 0.502. The first-order chi connectivity index (χ1) is 6.81. The molecule has 0 N–H and O–H groups in total. The molecule has 0 atom stereocenters. The van der Waals surface area contributed by atoms with Gasteiger partial charge in [-0.25, -0.2) is 0 Å². The molecule has 2 heteroatoms. The molecule has 0 radical (unpaired) electrons. The molecule has 0 saturated carbocycles. The van der Waals surface area contributed by atoms with Crippen LogP contribution < -0.4 is 0 Å². The summed E-state index contributed by atoms with van der Waals surface area (Å²) in [6.07, 6.45) is 6.83. The van der Waals surface area contributed by atoms with Gasteiger partial charge in [-0.05, 0) is 44.2 Å². The number of carbonyl (C=O) groups is 1. The van der Waals surface area contributed by atoms with Crippen molar-refractivity contribution in [1.82, 2.24) is 4.98 Å². The average Bonchev–Trinajstić information content (AvgIpc) is 2.41. The van der Waals surface area contributed by atoms with Crippen LogP contribution in [0.2, 0.25) is 0 Å². The molecular weight excluding hydrogens is 174 g/mol. The first-order valence-electron chi connectivity index (χ1n) is 5.26. The van der Waals surface area contributed by atoms with E-state index in [0.29, 0.717) is 0 Å². The van der Waals surface area contributed by atoms with Gasteiger partial charge in [-0.3, -0.25) is 9.78 Å². The molecule has 1 aliphatic rings. The molecular formula is C12H15NO. The number of aryl methyl sites for hydroxylation is 3. The fraction of sp³-hybridized carbons (Fsp3) is 0.500. The Kier molecular flexibility index (Phi) is 2.62. The van der Waals surface area contributed by atoms with Crippen molar-refractivity contribution >= 4 is 6.29 Å². The first-order valence-corrected chi connectivity index (χ1v) is 5.26. The highest BCUT2D eigenvalue weighted by molar-refractivity contribution is 5.76. The van der Waals surface area contributed by atoms with Crippen LogP contribution in [0.25, 0.3) is 0 Å². The maximum Gasteiger partial charge on any atom is 0.151 e. The molecule has 1 aliphatic carbocycles. The van der Waals surface area contributed by atoms with Gasteiger partial charge in [0.25, 0.3) is 0 Å². The second-order valence-electron chi connectivity index (χ2n) is 3.95. The highest BCUT2D eigenvalue weighted by atomic mass is 16.1. The summed E-state index contributed by atoms with van der Waals surface area (Å²) in [6, 6.07) is 2.02.